The van der Waals surface area contributed by atoms with Crippen LogP contribution in [-0.2, 0) is 19.1 Å². The van der Waals surface area contributed by atoms with Crippen molar-refractivity contribution in [2.24, 2.45) is 0 Å². The second kappa shape index (κ2) is 15.1. The fourth-order valence-electron chi connectivity index (χ4n) is 5.42. The highest BCUT2D eigenvalue weighted by atomic mass is 33.1. The van der Waals surface area contributed by atoms with Crippen LogP contribution in [0.25, 0.3) is 0 Å². The average Bonchev–Trinajstić information content (AvgIpc) is 3.85. The number of nitrogens with one attached hydrogen (secondary N) is 2. The SMILES string of the molecule is CC(C)(C)OC(=O)N[C@@H](CSSC[C@H](NC(=O)OC(C)(C)C)C(=O)N1CCN(C2CC2)CC1)C(=O)N1CCN(C2CC2)CC1. The predicted octanol–water partition coefficient (Wildman–Crippen LogP) is 2.77. The first-order chi connectivity index (χ1) is 20.7. The van der Waals surface area contributed by atoms with Gasteiger partial charge in [0.2, 0.25) is 11.8 Å². The second-order valence-corrected chi connectivity index (χ2v) is 16.7. The number of hydrogen-bond donors (Lipinski definition) is 2. The molecule has 0 radical (unpaired) electrons. The largest absolute Gasteiger partial charge is 0.444 e. The number of amides is 4. The van der Waals surface area contributed by atoms with Gasteiger partial charge >= 0.3 is 12.2 Å². The molecule has 2 aliphatic heterocycles. The number of carbonyl (C=O) groups excluding carboxylic acids is 4. The molecule has 12 nitrogen and oxygen atoms in total. The number of rotatable bonds is 11. The normalized spacial score (nSPS) is 21.8. The molecule has 0 unspecified atom stereocenters. The van der Waals surface area contributed by atoms with E-state index in [1.54, 1.807) is 41.5 Å². The van der Waals surface area contributed by atoms with Crippen molar-refractivity contribution < 1.29 is 28.7 Å². The van der Waals surface area contributed by atoms with E-state index >= 15 is 0 Å². The third-order valence-electron chi connectivity index (χ3n) is 7.91. The molecule has 2 aliphatic carbocycles. The molecule has 250 valence electrons. The Bertz CT molecular complexity index is 932. The van der Waals surface area contributed by atoms with E-state index in [4.69, 9.17) is 9.47 Å². The molecule has 2 N–H and O–H groups in total. The highest BCUT2D eigenvalue weighted by Gasteiger charge is 2.37. The molecule has 14 heteroatoms. The Morgan fingerprint density at radius 3 is 1.20 bits per heavy atom. The van der Waals surface area contributed by atoms with Crippen LogP contribution in [0.1, 0.15) is 67.2 Å². The second-order valence-electron chi connectivity index (χ2n) is 14.2. The van der Waals surface area contributed by atoms with E-state index in [0.29, 0.717) is 49.8 Å². The Hall–Kier alpha value is -1.90. The molecule has 4 fully saturated rings. The topological polar surface area (TPSA) is 124 Å². The number of carbonyl (C=O) groups is 4. The minimum Gasteiger partial charge on any atom is -0.444 e. The van der Waals surface area contributed by atoms with Crippen LogP contribution < -0.4 is 10.6 Å². The van der Waals surface area contributed by atoms with Crippen LogP contribution in [-0.4, -0.2) is 143 Å². The van der Waals surface area contributed by atoms with E-state index in [2.05, 4.69) is 20.4 Å². The van der Waals surface area contributed by atoms with Gasteiger partial charge in [-0.25, -0.2) is 9.59 Å². The van der Waals surface area contributed by atoms with Crippen LogP contribution in [0.5, 0.6) is 0 Å². The molecule has 2 saturated carbocycles. The smallest absolute Gasteiger partial charge is 0.408 e. The summed E-state index contributed by atoms with van der Waals surface area (Å²) in [5.74, 6) is 0.317. The van der Waals surface area contributed by atoms with E-state index in [1.807, 2.05) is 9.80 Å². The van der Waals surface area contributed by atoms with E-state index in [9.17, 15) is 19.2 Å². The standard InChI is InChI=1S/C30H52N6O6S2/c1-29(2,3)41-27(39)31-23(25(37)35-15-11-33(12-16-35)21-7-8-21)19-43-44-20-24(32-28(40)42-30(4,5)6)26(38)36-17-13-34(14-18-36)22-9-10-22/h21-24H,7-20H2,1-6H3,(H,31,39)(H,32,40)/t23-,24-/m0/s1. The van der Waals surface area contributed by atoms with E-state index < -0.39 is 35.5 Å². The average molecular weight is 657 g/mol. The first kappa shape index (κ1) is 35.0. The van der Waals surface area contributed by atoms with Crippen molar-refractivity contribution in [3.05, 3.63) is 0 Å². The molecular formula is C30H52N6O6S2. The van der Waals surface area contributed by atoms with Gasteiger partial charge in [-0.2, -0.15) is 0 Å². The highest BCUT2D eigenvalue weighted by molar-refractivity contribution is 8.76. The van der Waals surface area contributed by atoms with Crippen LogP contribution in [0.3, 0.4) is 0 Å². The summed E-state index contributed by atoms with van der Waals surface area (Å²) in [6.07, 6.45) is 3.65. The Morgan fingerprint density at radius 1 is 0.614 bits per heavy atom. The van der Waals surface area contributed by atoms with Crippen molar-refractivity contribution in [2.75, 3.05) is 63.9 Å². The summed E-state index contributed by atoms with van der Waals surface area (Å²) >= 11 is 0. The van der Waals surface area contributed by atoms with E-state index in [-0.39, 0.29) is 11.8 Å². The third kappa shape index (κ3) is 11.5. The maximum absolute atomic E-state index is 13.6. The fraction of sp³-hybridized carbons (Fsp3) is 0.867. The van der Waals surface area contributed by atoms with Gasteiger partial charge in [0.1, 0.15) is 23.3 Å². The number of piperazine rings is 2. The quantitative estimate of drug-likeness (QED) is 0.254. The van der Waals surface area contributed by atoms with Crippen molar-refractivity contribution in [3.8, 4) is 0 Å². The van der Waals surface area contributed by atoms with Crippen LogP contribution in [0, 0.1) is 0 Å². The number of hydrogen-bond acceptors (Lipinski definition) is 10. The van der Waals surface area contributed by atoms with Crippen LogP contribution in [0.2, 0.25) is 0 Å². The predicted molar refractivity (Wildman–Crippen MR) is 174 cm³/mol. The minimum atomic E-state index is -0.779. The molecular weight excluding hydrogens is 605 g/mol. The van der Waals surface area contributed by atoms with Crippen molar-refractivity contribution >= 4 is 45.6 Å². The van der Waals surface area contributed by atoms with Crippen molar-refractivity contribution in [1.29, 1.82) is 0 Å². The first-order valence-corrected chi connectivity index (χ1v) is 18.5. The fourth-order valence-corrected chi connectivity index (χ4v) is 7.73. The van der Waals surface area contributed by atoms with Crippen molar-refractivity contribution in [3.63, 3.8) is 0 Å². The number of alkyl carbamates (subject to hydrolysis) is 2. The molecule has 0 aromatic carbocycles. The van der Waals surface area contributed by atoms with Gasteiger partial charge in [0.15, 0.2) is 0 Å². The van der Waals surface area contributed by atoms with Crippen molar-refractivity contribution in [1.82, 2.24) is 30.2 Å². The molecule has 4 rings (SSSR count). The van der Waals surface area contributed by atoms with Crippen molar-refractivity contribution in [2.45, 2.75) is 103 Å². The van der Waals surface area contributed by atoms with Crippen LogP contribution >= 0.6 is 21.6 Å². The minimum absolute atomic E-state index is 0.132. The molecule has 2 saturated heterocycles. The molecule has 0 spiro atoms. The monoisotopic (exact) mass is 656 g/mol. The van der Waals surface area contributed by atoms with E-state index in [0.717, 1.165) is 26.2 Å². The lowest BCUT2D eigenvalue weighted by molar-refractivity contribution is -0.135. The lowest BCUT2D eigenvalue weighted by Crippen LogP contribution is -2.56. The Morgan fingerprint density at radius 2 is 0.932 bits per heavy atom. The number of nitrogens with zero attached hydrogens (tertiary/aromatic N) is 4. The summed E-state index contributed by atoms with van der Waals surface area (Å²) in [6, 6.07) is -0.250. The molecule has 4 aliphatic rings. The van der Waals surface area contributed by atoms with Gasteiger partial charge in [0.25, 0.3) is 0 Å². The van der Waals surface area contributed by atoms with E-state index in [1.165, 1.54) is 47.3 Å². The lowest BCUT2D eigenvalue weighted by Gasteiger charge is -2.37. The zero-order valence-corrected chi connectivity index (χ0v) is 28.9. The Labute approximate surface area is 270 Å². The van der Waals surface area contributed by atoms with Crippen LogP contribution in [0.4, 0.5) is 9.59 Å². The summed E-state index contributed by atoms with van der Waals surface area (Å²) < 4.78 is 10.9. The van der Waals surface area contributed by atoms with Gasteiger partial charge in [-0.05, 0) is 67.2 Å². The molecule has 4 amide bonds. The Kier molecular flexibility index (Phi) is 12.0. The molecule has 2 atom stereocenters. The third-order valence-corrected chi connectivity index (χ3v) is 10.3. The molecule has 0 aromatic rings. The zero-order chi connectivity index (χ0) is 32.1. The summed E-state index contributed by atoms with van der Waals surface area (Å²) in [7, 11) is 2.78. The van der Waals surface area contributed by atoms with Gasteiger partial charge < -0.3 is 29.9 Å². The maximum atomic E-state index is 13.6. The Balaban J connectivity index is 1.33. The van der Waals surface area contributed by atoms with Gasteiger partial charge in [-0.3, -0.25) is 19.4 Å². The molecule has 2 heterocycles. The van der Waals surface area contributed by atoms with Gasteiger partial charge in [-0.15, -0.1) is 0 Å². The molecule has 0 bridgehead atoms. The molecule has 0 aromatic heterocycles. The summed E-state index contributed by atoms with van der Waals surface area (Å²) in [5.41, 5.74) is -1.39. The maximum Gasteiger partial charge on any atom is 0.408 e. The number of ether oxygens (including phenoxy) is 2. The lowest BCUT2D eigenvalue weighted by atomic mass is 10.2. The first-order valence-electron chi connectivity index (χ1n) is 16.0. The summed E-state index contributed by atoms with van der Waals surface area (Å²) in [4.78, 5) is 61.0. The molecule has 44 heavy (non-hydrogen) atoms. The van der Waals surface area contributed by atoms with Gasteiger partial charge in [0.05, 0.1) is 0 Å². The van der Waals surface area contributed by atoms with Gasteiger partial charge in [-0.1, -0.05) is 21.6 Å². The zero-order valence-electron chi connectivity index (χ0n) is 27.3. The van der Waals surface area contributed by atoms with Gasteiger partial charge in [0, 0.05) is 75.9 Å². The van der Waals surface area contributed by atoms with Crippen LogP contribution in [0.15, 0.2) is 0 Å². The summed E-state index contributed by atoms with van der Waals surface area (Å²) in [5, 5.41) is 5.57. The highest BCUT2D eigenvalue weighted by Crippen LogP contribution is 2.29. The summed E-state index contributed by atoms with van der Waals surface area (Å²) in [6.45, 7) is 16.6.